The molecule has 18 heavy (non-hydrogen) atoms. The molecule has 0 aromatic heterocycles. The SMILES string of the molecule is CN[C@H]1CCSC2CCC[C@@H](C)N2C1=O.[I][V][I]. The van der Waals surface area contributed by atoms with Crippen LogP contribution in [0.2, 0.25) is 0 Å². The summed E-state index contributed by atoms with van der Waals surface area (Å²) in [5.74, 6) is 1.42. The van der Waals surface area contributed by atoms with Crippen molar-refractivity contribution < 1.29 is 14.3 Å². The number of hydrogen-bond donors (Lipinski definition) is 1. The first-order valence-corrected chi connectivity index (χ1v) is 16.2. The number of thioether (sulfide) groups is 1. The molecule has 1 unspecified atom stereocenters. The molecule has 1 N–H and O–H groups in total. The van der Waals surface area contributed by atoms with E-state index in [4.69, 9.17) is 0 Å². The van der Waals surface area contributed by atoms with Crippen molar-refractivity contribution in [2.24, 2.45) is 0 Å². The number of carbonyl (C=O) groups is 1. The van der Waals surface area contributed by atoms with Gasteiger partial charge < -0.3 is 10.2 Å². The Morgan fingerprint density at radius 2 is 2.06 bits per heavy atom. The minimum atomic E-state index is 0.0445. The van der Waals surface area contributed by atoms with E-state index in [1.807, 2.05) is 18.8 Å². The molecule has 1 amide bonds. The summed E-state index contributed by atoms with van der Waals surface area (Å²) in [6.45, 7) is 2.18. The van der Waals surface area contributed by atoms with Crippen LogP contribution in [0.25, 0.3) is 0 Å². The van der Waals surface area contributed by atoms with E-state index in [-0.39, 0.29) is 6.04 Å². The second-order valence-electron chi connectivity index (χ2n) is 4.54. The molecule has 0 bridgehead atoms. The Kier molecular flexibility index (Phi) is 9.64. The summed E-state index contributed by atoms with van der Waals surface area (Å²) >= 11 is 6.70. The molecule has 2 heterocycles. The van der Waals surface area contributed by atoms with Gasteiger partial charge in [-0.15, -0.1) is 11.8 Å². The first kappa shape index (κ1) is 17.9. The van der Waals surface area contributed by atoms with E-state index in [1.165, 1.54) is 19.3 Å². The first-order valence-electron chi connectivity index (χ1n) is 6.19. The summed E-state index contributed by atoms with van der Waals surface area (Å²) in [6, 6.07) is 0.473. The summed E-state index contributed by atoms with van der Waals surface area (Å²) in [5, 5.41) is 3.59. The molecule has 3 atom stereocenters. The van der Waals surface area contributed by atoms with Crippen molar-refractivity contribution in [3.05, 3.63) is 0 Å². The van der Waals surface area contributed by atoms with Gasteiger partial charge in [-0.25, -0.2) is 0 Å². The molecule has 0 aliphatic carbocycles. The minimum absolute atomic E-state index is 0.0445. The second-order valence-corrected chi connectivity index (χ2v) is 17.6. The molecule has 2 aliphatic heterocycles. The zero-order chi connectivity index (χ0) is 13.5. The summed E-state index contributed by atoms with van der Waals surface area (Å²) in [6.07, 6.45) is 4.59. The Bertz CT molecular complexity index is 273. The van der Waals surface area contributed by atoms with Crippen molar-refractivity contribution in [2.75, 3.05) is 12.8 Å². The predicted molar refractivity (Wildman–Crippen MR) is 91.9 cm³/mol. The van der Waals surface area contributed by atoms with E-state index in [0.717, 1.165) is 12.2 Å². The molecule has 2 aliphatic rings. The predicted octanol–water partition coefficient (Wildman–Crippen LogP) is 3.21. The number of fused-ring (bicyclic) bond motifs is 1. The molecule has 105 valence electrons. The Morgan fingerprint density at radius 1 is 1.39 bits per heavy atom. The standard InChI is InChI=1S/C11H20N2OS.2HI.V/c1-8-4-3-5-10-13(8)11(14)9(12-2)6-7-15-10;;;/h8-10,12H,3-7H2,1-2H3;2*1H;/q;;;+2/p-2/t8-,9+,10?;;;/m1.../s1. The molecule has 0 radical (unpaired) electrons. The second kappa shape index (κ2) is 9.70. The van der Waals surface area contributed by atoms with Crippen LogP contribution >= 0.6 is 51.7 Å². The van der Waals surface area contributed by atoms with Crippen LogP contribution in [0.5, 0.6) is 0 Å². The van der Waals surface area contributed by atoms with Gasteiger partial charge >= 0.3 is 49.4 Å². The fraction of sp³-hybridized carbons (Fsp3) is 0.909. The molecule has 0 aromatic rings. The molecule has 0 aromatic carbocycles. The van der Waals surface area contributed by atoms with Gasteiger partial charge in [0, 0.05) is 6.04 Å². The number of nitrogens with zero attached hydrogens (tertiary/aromatic N) is 1. The Morgan fingerprint density at radius 3 is 2.67 bits per heavy atom. The summed E-state index contributed by atoms with van der Waals surface area (Å²) in [4.78, 5) is 14.4. The molecule has 2 fully saturated rings. The van der Waals surface area contributed by atoms with Gasteiger partial charge in [0.2, 0.25) is 5.91 Å². The van der Waals surface area contributed by atoms with E-state index in [0.29, 0.717) is 26.8 Å². The molecule has 0 saturated carbocycles. The fourth-order valence-electron chi connectivity index (χ4n) is 2.57. The third-order valence-corrected chi connectivity index (χ3v) is 4.79. The van der Waals surface area contributed by atoms with Crippen LogP contribution in [-0.4, -0.2) is 41.1 Å². The van der Waals surface area contributed by atoms with Crippen molar-refractivity contribution in [1.82, 2.24) is 10.2 Å². The summed E-state index contributed by atoms with van der Waals surface area (Å²) < 4.78 is 0. The first-order chi connectivity index (χ1) is 8.65. The zero-order valence-electron chi connectivity index (χ0n) is 10.7. The molecule has 3 nitrogen and oxygen atoms in total. The van der Waals surface area contributed by atoms with Crippen LogP contribution in [0.3, 0.4) is 0 Å². The molecule has 2 saturated heterocycles. The van der Waals surface area contributed by atoms with Gasteiger partial charge in [-0.1, -0.05) is 0 Å². The normalized spacial score (nSPS) is 31.9. The van der Waals surface area contributed by atoms with Gasteiger partial charge in [0.05, 0.1) is 11.4 Å². The molecule has 2 rings (SSSR count). The third kappa shape index (κ3) is 4.98. The fourth-order valence-corrected chi connectivity index (χ4v) is 4.02. The summed E-state index contributed by atoms with van der Waals surface area (Å²) in [7, 11) is 2.52. The van der Waals surface area contributed by atoms with Crippen molar-refractivity contribution in [3.8, 4) is 0 Å². The monoisotopic (exact) mass is 533 g/mol. The van der Waals surface area contributed by atoms with Crippen LogP contribution in [0.4, 0.5) is 0 Å². The van der Waals surface area contributed by atoms with E-state index in [9.17, 15) is 4.79 Å². The third-order valence-electron chi connectivity index (χ3n) is 3.48. The molecular formula is C11H20I2N2OSV. The maximum atomic E-state index is 12.3. The van der Waals surface area contributed by atoms with Gasteiger partial charge in [-0.3, -0.25) is 4.79 Å². The molecule has 0 spiro atoms. The summed E-state index contributed by atoms with van der Waals surface area (Å²) in [5.41, 5.74) is 0. The van der Waals surface area contributed by atoms with Gasteiger partial charge in [0.25, 0.3) is 0 Å². The van der Waals surface area contributed by atoms with Crippen LogP contribution in [0.1, 0.15) is 32.6 Å². The van der Waals surface area contributed by atoms with Gasteiger partial charge in [0.15, 0.2) is 0 Å². The number of hydrogen-bond acceptors (Lipinski definition) is 3. The molecule has 7 heteroatoms. The number of piperidine rings is 1. The van der Waals surface area contributed by atoms with E-state index in [2.05, 4.69) is 57.1 Å². The van der Waals surface area contributed by atoms with E-state index < -0.39 is 0 Å². The van der Waals surface area contributed by atoms with Crippen molar-refractivity contribution >= 4 is 57.6 Å². The molecular weight excluding hydrogens is 513 g/mol. The van der Waals surface area contributed by atoms with Gasteiger partial charge in [-0.05, 0) is 45.4 Å². The van der Waals surface area contributed by atoms with Crippen LogP contribution in [0, 0.1) is 0 Å². The van der Waals surface area contributed by atoms with Crippen LogP contribution < -0.4 is 5.32 Å². The average Bonchev–Trinajstić information content (AvgIpc) is 2.50. The van der Waals surface area contributed by atoms with Gasteiger partial charge in [-0.2, -0.15) is 0 Å². The Hall–Kier alpha value is 1.82. The van der Waals surface area contributed by atoms with Crippen molar-refractivity contribution in [2.45, 2.75) is 50.1 Å². The van der Waals surface area contributed by atoms with Gasteiger partial charge in [0.1, 0.15) is 0 Å². The number of likely N-dealkylation sites (N-methyl/N-ethyl adjacent to an activating group) is 1. The quantitative estimate of drug-likeness (QED) is 0.526. The Balaban J connectivity index is 0.000000492. The number of amides is 1. The van der Waals surface area contributed by atoms with Crippen molar-refractivity contribution in [3.63, 3.8) is 0 Å². The van der Waals surface area contributed by atoms with E-state index in [1.54, 1.807) is 0 Å². The van der Waals surface area contributed by atoms with E-state index >= 15 is 0 Å². The zero-order valence-corrected chi connectivity index (χ0v) is 17.3. The topological polar surface area (TPSA) is 32.3 Å². The number of rotatable bonds is 1. The average molecular weight is 533 g/mol. The maximum absolute atomic E-state index is 12.3. The Labute approximate surface area is 143 Å². The number of carbonyl (C=O) groups excluding carboxylic acids is 1. The van der Waals surface area contributed by atoms with Crippen LogP contribution in [-0.2, 0) is 14.3 Å². The number of nitrogens with one attached hydrogen (secondary N) is 1. The van der Waals surface area contributed by atoms with Crippen molar-refractivity contribution in [1.29, 1.82) is 0 Å². The number of halogens is 2. The van der Waals surface area contributed by atoms with Crippen LogP contribution in [0.15, 0.2) is 0 Å².